The highest BCUT2D eigenvalue weighted by Crippen LogP contribution is 2.22. The summed E-state index contributed by atoms with van der Waals surface area (Å²) in [7, 11) is -2.09. The topological polar surface area (TPSA) is 104 Å². The van der Waals surface area contributed by atoms with Crippen molar-refractivity contribution in [2.45, 2.75) is 11.6 Å². The predicted molar refractivity (Wildman–Crippen MR) is 77.4 cm³/mol. The molecule has 0 aliphatic carbocycles. The zero-order valence-electron chi connectivity index (χ0n) is 11.2. The van der Waals surface area contributed by atoms with E-state index in [4.69, 9.17) is 0 Å². The van der Waals surface area contributed by atoms with Gasteiger partial charge in [-0.1, -0.05) is 6.07 Å². The smallest absolute Gasteiger partial charge is 0.260 e. The molecule has 3 rings (SSSR count). The van der Waals surface area contributed by atoms with E-state index in [9.17, 15) is 8.42 Å². The molecule has 0 saturated heterocycles. The Kier molecular flexibility index (Phi) is 3.35. The summed E-state index contributed by atoms with van der Waals surface area (Å²) in [6.07, 6.45) is 4.72. The number of hydrogen-bond donors (Lipinski definition) is 3. The van der Waals surface area contributed by atoms with Crippen LogP contribution >= 0.6 is 0 Å². The fourth-order valence-corrected chi connectivity index (χ4v) is 3.31. The van der Waals surface area contributed by atoms with Gasteiger partial charge in [0, 0.05) is 25.1 Å². The van der Waals surface area contributed by atoms with Crippen LogP contribution in [0.25, 0.3) is 5.65 Å². The molecule has 0 saturated carbocycles. The van der Waals surface area contributed by atoms with E-state index in [-0.39, 0.29) is 11.6 Å². The number of H-pyrrole nitrogens is 1. The van der Waals surface area contributed by atoms with Crippen molar-refractivity contribution in [3.8, 4) is 0 Å². The molecule has 0 aliphatic rings. The average molecular weight is 306 g/mol. The molecule has 0 fully saturated rings. The molecule has 0 atom stereocenters. The lowest BCUT2D eigenvalue weighted by molar-refractivity contribution is 0.576. The van der Waals surface area contributed by atoms with Gasteiger partial charge in [-0.2, -0.15) is 0 Å². The van der Waals surface area contributed by atoms with Gasteiger partial charge >= 0.3 is 0 Å². The Hall–Kier alpha value is -2.39. The molecule has 21 heavy (non-hydrogen) atoms. The number of anilines is 1. The maximum atomic E-state index is 12.5. The number of imidazole rings is 2. The van der Waals surface area contributed by atoms with E-state index >= 15 is 0 Å². The number of aromatic amines is 1. The van der Waals surface area contributed by atoms with Crippen molar-refractivity contribution in [2.75, 3.05) is 12.4 Å². The van der Waals surface area contributed by atoms with Crippen LogP contribution in [-0.4, -0.2) is 34.8 Å². The number of nitrogens with one attached hydrogen (secondary N) is 3. The third-order valence-corrected chi connectivity index (χ3v) is 4.41. The van der Waals surface area contributed by atoms with Gasteiger partial charge in [0.2, 0.25) is 0 Å². The van der Waals surface area contributed by atoms with Gasteiger partial charge in [-0.05, 0) is 12.1 Å². The van der Waals surface area contributed by atoms with E-state index in [1.807, 2.05) is 0 Å². The lowest BCUT2D eigenvalue weighted by Crippen LogP contribution is -2.25. The fraction of sp³-hybridized carbons (Fsp3) is 0.167. The summed E-state index contributed by atoms with van der Waals surface area (Å²) in [5, 5.41) is 2.90. The molecule has 3 aromatic heterocycles. The minimum absolute atomic E-state index is 0.0834. The Morgan fingerprint density at radius 2 is 2.24 bits per heavy atom. The molecule has 9 heteroatoms. The van der Waals surface area contributed by atoms with Crippen molar-refractivity contribution in [3.63, 3.8) is 0 Å². The van der Waals surface area contributed by atoms with Gasteiger partial charge in [0.15, 0.2) is 10.8 Å². The van der Waals surface area contributed by atoms with Crippen molar-refractivity contribution < 1.29 is 8.42 Å². The minimum atomic E-state index is -3.72. The Labute approximate surface area is 121 Å². The van der Waals surface area contributed by atoms with E-state index < -0.39 is 10.0 Å². The van der Waals surface area contributed by atoms with Gasteiger partial charge in [-0.3, -0.25) is 4.40 Å². The molecule has 3 heterocycles. The van der Waals surface area contributed by atoms with Crippen molar-refractivity contribution in [1.29, 1.82) is 0 Å². The first-order valence-corrected chi connectivity index (χ1v) is 7.72. The standard InChI is InChI=1S/C12H14N6O2S/c1-13-11-12(18-5-3-2-4-10(18)17-11)21(19,20)16-7-9-6-14-8-15-9/h2-6,8,13,16H,7H2,1H3,(H,14,15). The Morgan fingerprint density at radius 3 is 2.95 bits per heavy atom. The summed E-state index contributed by atoms with van der Waals surface area (Å²) < 4.78 is 29.1. The summed E-state index contributed by atoms with van der Waals surface area (Å²) in [5.41, 5.74) is 1.24. The highest BCUT2D eigenvalue weighted by Gasteiger charge is 2.24. The molecule has 3 N–H and O–H groups in total. The van der Waals surface area contributed by atoms with E-state index in [0.717, 1.165) is 0 Å². The van der Waals surface area contributed by atoms with Crippen molar-refractivity contribution in [3.05, 3.63) is 42.6 Å². The molecule has 0 spiro atoms. The molecular formula is C12H14N6O2S. The van der Waals surface area contributed by atoms with Gasteiger partial charge < -0.3 is 10.3 Å². The van der Waals surface area contributed by atoms with Crippen LogP contribution in [0.4, 0.5) is 5.82 Å². The average Bonchev–Trinajstić information content (AvgIpc) is 3.12. The molecule has 0 bridgehead atoms. The molecule has 0 radical (unpaired) electrons. The number of aromatic nitrogens is 4. The first-order chi connectivity index (χ1) is 10.1. The van der Waals surface area contributed by atoms with Crippen molar-refractivity contribution in [1.82, 2.24) is 24.1 Å². The quantitative estimate of drug-likeness (QED) is 0.639. The van der Waals surface area contributed by atoms with E-state index in [1.54, 1.807) is 37.6 Å². The van der Waals surface area contributed by atoms with Crippen LogP contribution in [0.1, 0.15) is 5.69 Å². The summed E-state index contributed by atoms with van der Waals surface area (Å²) in [5.74, 6) is 0.304. The molecule has 0 aliphatic heterocycles. The summed E-state index contributed by atoms with van der Waals surface area (Å²) >= 11 is 0. The lowest BCUT2D eigenvalue weighted by Gasteiger charge is -2.07. The SMILES string of the molecule is CNc1nc2ccccn2c1S(=O)(=O)NCc1cnc[nH]1. The van der Waals surface area contributed by atoms with Crippen LogP contribution in [0.3, 0.4) is 0 Å². The second-order valence-corrected chi connectivity index (χ2v) is 6.03. The second-order valence-electron chi connectivity index (χ2n) is 4.35. The third-order valence-electron chi connectivity index (χ3n) is 2.98. The van der Waals surface area contributed by atoms with Crippen LogP contribution in [0.2, 0.25) is 0 Å². The maximum absolute atomic E-state index is 12.5. The van der Waals surface area contributed by atoms with E-state index in [1.165, 1.54) is 10.7 Å². The monoisotopic (exact) mass is 306 g/mol. The van der Waals surface area contributed by atoms with Crippen LogP contribution in [-0.2, 0) is 16.6 Å². The van der Waals surface area contributed by atoms with Crippen molar-refractivity contribution in [2.24, 2.45) is 0 Å². The number of fused-ring (bicyclic) bond motifs is 1. The van der Waals surface area contributed by atoms with Gasteiger partial charge in [0.25, 0.3) is 10.0 Å². The summed E-state index contributed by atoms with van der Waals surface area (Å²) in [6.45, 7) is 0.131. The molecule has 3 aromatic rings. The minimum Gasteiger partial charge on any atom is -0.371 e. The van der Waals surface area contributed by atoms with Crippen LogP contribution in [0.15, 0.2) is 41.9 Å². The van der Waals surface area contributed by atoms with Crippen LogP contribution < -0.4 is 10.0 Å². The van der Waals surface area contributed by atoms with E-state index in [2.05, 4.69) is 25.0 Å². The Bertz CT molecular complexity index is 853. The van der Waals surface area contributed by atoms with Crippen LogP contribution in [0, 0.1) is 0 Å². The molecule has 110 valence electrons. The molecular weight excluding hydrogens is 292 g/mol. The highest BCUT2D eigenvalue weighted by atomic mass is 32.2. The number of hydrogen-bond acceptors (Lipinski definition) is 5. The Morgan fingerprint density at radius 1 is 1.38 bits per heavy atom. The maximum Gasteiger partial charge on any atom is 0.260 e. The summed E-state index contributed by atoms with van der Waals surface area (Å²) in [6, 6.07) is 5.30. The molecule has 0 unspecified atom stereocenters. The van der Waals surface area contributed by atoms with Gasteiger partial charge in [-0.15, -0.1) is 0 Å². The second kappa shape index (κ2) is 5.19. The zero-order valence-corrected chi connectivity index (χ0v) is 12.1. The van der Waals surface area contributed by atoms with Crippen LogP contribution in [0.5, 0.6) is 0 Å². The third kappa shape index (κ3) is 2.48. The lowest BCUT2D eigenvalue weighted by atomic mass is 10.5. The largest absolute Gasteiger partial charge is 0.371 e. The summed E-state index contributed by atoms with van der Waals surface area (Å²) in [4.78, 5) is 10.9. The molecule has 0 aromatic carbocycles. The normalized spacial score (nSPS) is 11.9. The Balaban J connectivity index is 2.01. The number of nitrogens with zero attached hydrogens (tertiary/aromatic N) is 3. The first-order valence-electron chi connectivity index (χ1n) is 6.23. The number of rotatable bonds is 5. The first kappa shape index (κ1) is 13.6. The highest BCUT2D eigenvalue weighted by molar-refractivity contribution is 7.89. The predicted octanol–water partition coefficient (Wildman–Crippen LogP) is 0.578. The van der Waals surface area contributed by atoms with Gasteiger partial charge in [-0.25, -0.2) is 23.1 Å². The fourth-order valence-electron chi connectivity index (χ4n) is 2.02. The van der Waals surface area contributed by atoms with Gasteiger partial charge in [0.1, 0.15) is 5.65 Å². The zero-order chi connectivity index (χ0) is 14.9. The van der Waals surface area contributed by atoms with Crippen molar-refractivity contribution >= 4 is 21.5 Å². The molecule has 8 nitrogen and oxygen atoms in total. The van der Waals surface area contributed by atoms with E-state index in [0.29, 0.717) is 17.2 Å². The number of sulfonamides is 1. The number of pyridine rings is 1. The van der Waals surface area contributed by atoms with Gasteiger partial charge in [0.05, 0.1) is 12.9 Å². The molecule has 0 amide bonds.